The van der Waals surface area contributed by atoms with Gasteiger partial charge in [0.05, 0.1) is 11.4 Å². The maximum atomic E-state index is 13.0. The molecule has 0 aliphatic rings. The van der Waals surface area contributed by atoms with Gasteiger partial charge in [0.2, 0.25) is 5.91 Å². The first-order valence-corrected chi connectivity index (χ1v) is 11.6. The molecular weight excluding hydrogens is 450 g/mol. The van der Waals surface area contributed by atoms with Crippen LogP contribution >= 0.6 is 11.6 Å². The van der Waals surface area contributed by atoms with Crippen molar-refractivity contribution in [3.05, 3.63) is 70.9 Å². The van der Waals surface area contributed by atoms with Gasteiger partial charge in [-0.1, -0.05) is 50.1 Å². The number of nitrogens with one attached hydrogen (secondary N) is 2. The third-order valence-corrected chi connectivity index (χ3v) is 5.57. The van der Waals surface area contributed by atoms with E-state index in [-0.39, 0.29) is 29.9 Å². The number of urea groups is 1. The van der Waals surface area contributed by atoms with Gasteiger partial charge in [0.25, 0.3) is 0 Å². The van der Waals surface area contributed by atoms with Gasteiger partial charge in [0, 0.05) is 28.2 Å². The van der Waals surface area contributed by atoms with Crippen molar-refractivity contribution in [3.63, 3.8) is 0 Å². The van der Waals surface area contributed by atoms with E-state index in [1.165, 1.54) is 4.90 Å². The maximum Gasteiger partial charge on any atom is 0.322 e. The molecule has 0 spiro atoms. The Labute approximate surface area is 206 Å². The molecule has 3 amide bonds. The number of carbonyl (C=O) groups is 2. The Morgan fingerprint density at radius 3 is 2.21 bits per heavy atom. The van der Waals surface area contributed by atoms with Crippen LogP contribution in [0.25, 0.3) is 5.69 Å². The fraction of sp³-hybridized carbons (Fsp3) is 0.346. The number of benzene rings is 2. The molecule has 0 bridgehead atoms. The zero-order chi connectivity index (χ0) is 25.0. The first-order chi connectivity index (χ1) is 15.9. The van der Waals surface area contributed by atoms with E-state index in [1.54, 1.807) is 28.9 Å². The number of rotatable bonds is 6. The number of amides is 3. The standard InChI is InChI=1S/C26H32ClN5O2/c1-17(2)31(25(34)28-20-11-9-19(27)10-12-20)16-24(33)29-23-15-22(26(4,5)6)30-32(23)21-13-7-18(3)8-14-21/h7-15,17H,16H2,1-6H3,(H,28,34)(H,29,33). The van der Waals surface area contributed by atoms with Gasteiger partial charge in [-0.05, 0) is 57.2 Å². The van der Waals surface area contributed by atoms with Crippen LogP contribution in [-0.4, -0.2) is 39.2 Å². The number of halogens is 1. The molecule has 0 saturated heterocycles. The summed E-state index contributed by atoms with van der Waals surface area (Å²) >= 11 is 5.92. The summed E-state index contributed by atoms with van der Waals surface area (Å²) in [7, 11) is 0. The van der Waals surface area contributed by atoms with Crippen molar-refractivity contribution < 1.29 is 9.59 Å². The molecule has 0 atom stereocenters. The third-order valence-electron chi connectivity index (χ3n) is 5.32. The van der Waals surface area contributed by atoms with Crippen LogP contribution < -0.4 is 10.6 Å². The molecule has 0 unspecified atom stereocenters. The summed E-state index contributed by atoms with van der Waals surface area (Å²) in [5.41, 5.74) is 3.24. The van der Waals surface area contributed by atoms with Crippen LogP contribution in [0, 0.1) is 6.92 Å². The lowest BCUT2D eigenvalue weighted by Crippen LogP contribution is -2.44. The first-order valence-electron chi connectivity index (χ1n) is 11.2. The Bertz CT molecular complexity index is 1150. The zero-order valence-corrected chi connectivity index (χ0v) is 21.3. The van der Waals surface area contributed by atoms with E-state index in [0.717, 1.165) is 16.9 Å². The van der Waals surface area contributed by atoms with Crippen molar-refractivity contribution in [2.24, 2.45) is 0 Å². The Morgan fingerprint density at radius 1 is 1.03 bits per heavy atom. The third kappa shape index (κ3) is 6.38. The van der Waals surface area contributed by atoms with Crippen molar-refractivity contribution in [2.75, 3.05) is 17.2 Å². The van der Waals surface area contributed by atoms with Crippen LogP contribution in [0.4, 0.5) is 16.3 Å². The number of hydrogen-bond acceptors (Lipinski definition) is 3. The quantitative estimate of drug-likeness (QED) is 0.452. The van der Waals surface area contributed by atoms with E-state index in [4.69, 9.17) is 16.7 Å². The van der Waals surface area contributed by atoms with Crippen molar-refractivity contribution in [3.8, 4) is 5.69 Å². The van der Waals surface area contributed by atoms with E-state index in [2.05, 4.69) is 31.4 Å². The predicted molar refractivity (Wildman–Crippen MR) is 138 cm³/mol. The van der Waals surface area contributed by atoms with Gasteiger partial charge in [-0.2, -0.15) is 5.10 Å². The number of hydrogen-bond donors (Lipinski definition) is 2. The highest BCUT2D eigenvalue weighted by Crippen LogP contribution is 2.26. The van der Waals surface area contributed by atoms with Crippen molar-refractivity contribution in [1.29, 1.82) is 0 Å². The van der Waals surface area contributed by atoms with E-state index < -0.39 is 0 Å². The number of anilines is 2. The van der Waals surface area contributed by atoms with Crippen LogP contribution in [0.2, 0.25) is 5.02 Å². The van der Waals surface area contributed by atoms with Crippen LogP contribution in [0.5, 0.6) is 0 Å². The molecule has 0 radical (unpaired) electrons. The molecule has 0 saturated carbocycles. The van der Waals surface area contributed by atoms with Gasteiger partial charge in [0.15, 0.2) is 0 Å². The summed E-state index contributed by atoms with van der Waals surface area (Å²) in [6.07, 6.45) is 0. The van der Waals surface area contributed by atoms with Gasteiger partial charge in [0.1, 0.15) is 12.4 Å². The molecule has 1 heterocycles. The molecule has 3 aromatic rings. The molecule has 7 nitrogen and oxygen atoms in total. The Hall–Kier alpha value is -3.32. The number of carbonyl (C=O) groups excluding carboxylic acids is 2. The van der Waals surface area contributed by atoms with Gasteiger partial charge >= 0.3 is 6.03 Å². The summed E-state index contributed by atoms with van der Waals surface area (Å²) < 4.78 is 1.73. The number of aromatic nitrogens is 2. The summed E-state index contributed by atoms with van der Waals surface area (Å²) in [5, 5.41) is 11.1. The molecular formula is C26H32ClN5O2. The van der Waals surface area contributed by atoms with Crippen LogP contribution in [0.15, 0.2) is 54.6 Å². The number of aryl methyl sites for hydroxylation is 1. The summed E-state index contributed by atoms with van der Waals surface area (Å²) in [6, 6.07) is 16.1. The van der Waals surface area contributed by atoms with Crippen LogP contribution in [-0.2, 0) is 10.2 Å². The average Bonchev–Trinajstić information content (AvgIpc) is 3.18. The molecule has 0 aliphatic carbocycles. The maximum absolute atomic E-state index is 13.0. The minimum absolute atomic E-state index is 0.110. The highest BCUT2D eigenvalue weighted by atomic mass is 35.5. The molecule has 3 rings (SSSR count). The van der Waals surface area contributed by atoms with E-state index in [0.29, 0.717) is 16.5 Å². The molecule has 2 N–H and O–H groups in total. The molecule has 0 aliphatic heterocycles. The lowest BCUT2D eigenvalue weighted by molar-refractivity contribution is -0.117. The van der Waals surface area contributed by atoms with Crippen molar-refractivity contribution in [2.45, 2.75) is 53.0 Å². The van der Waals surface area contributed by atoms with Gasteiger partial charge in [-0.15, -0.1) is 0 Å². The largest absolute Gasteiger partial charge is 0.322 e. The van der Waals surface area contributed by atoms with Crippen molar-refractivity contribution in [1.82, 2.24) is 14.7 Å². The minimum Gasteiger partial charge on any atom is -0.313 e. The second kappa shape index (κ2) is 10.3. The summed E-state index contributed by atoms with van der Waals surface area (Å²) in [5.74, 6) is 0.245. The van der Waals surface area contributed by atoms with E-state index in [1.807, 2.05) is 51.1 Å². The van der Waals surface area contributed by atoms with Crippen LogP contribution in [0.3, 0.4) is 0 Å². The van der Waals surface area contributed by atoms with Crippen LogP contribution in [0.1, 0.15) is 45.9 Å². The lowest BCUT2D eigenvalue weighted by Gasteiger charge is -2.26. The zero-order valence-electron chi connectivity index (χ0n) is 20.5. The SMILES string of the molecule is Cc1ccc(-n2nc(C(C)(C)C)cc2NC(=O)CN(C(=O)Nc2ccc(Cl)cc2)C(C)C)cc1. The first kappa shape index (κ1) is 25.3. The van der Waals surface area contributed by atoms with E-state index in [9.17, 15) is 9.59 Å². The fourth-order valence-electron chi connectivity index (χ4n) is 3.27. The summed E-state index contributed by atoms with van der Waals surface area (Å²) in [6.45, 7) is 11.9. The molecule has 8 heteroatoms. The molecule has 1 aromatic heterocycles. The van der Waals surface area contributed by atoms with Gasteiger partial charge in [-0.3, -0.25) is 4.79 Å². The van der Waals surface area contributed by atoms with Gasteiger partial charge < -0.3 is 15.5 Å². The Morgan fingerprint density at radius 2 is 1.65 bits per heavy atom. The predicted octanol–water partition coefficient (Wildman–Crippen LogP) is 6.01. The number of nitrogens with zero attached hydrogens (tertiary/aromatic N) is 3. The monoisotopic (exact) mass is 481 g/mol. The van der Waals surface area contributed by atoms with E-state index >= 15 is 0 Å². The average molecular weight is 482 g/mol. The Balaban J connectivity index is 1.80. The fourth-order valence-corrected chi connectivity index (χ4v) is 3.40. The minimum atomic E-state index is -0.366. The second-order valence-electron chi connectivity index (χ2n) is 9.62. The van der Waals surface area contributed by atoms with Gasteiger partial charge in [-0.25, -0.2) is 9.48 Å². The highest BCUT2D eigenvalue weighted by molar-refractivity contribution is 6.30. The smallest absolute Gasteiger partial charge is 0.313 e. The molecule has 0 fully saturated rings. The highest BCUT2D eigenvalue weighted by Gasteiger charge is 2.24. The lowest BCUT2D eigenvalue weighted by atomic mass is 9.92. The van der Waals surface area contributed by atoms with Crippen molar-refractivity contribution >= 4 is 35.0 Å². The second-order valence-corrected chi connectivity index (χ2v) is 10.1. The molecule has 180 valence electrons. The Kier molecular flexibility index (Phi) is 7.67. The summed E-state index contributed by atoms with van der Waals surface area (Å²) in [4.78, 5) is 27.4. The molecule has 34 heavy (non-hydrogen) atoms. The molecule has 2 aromatic carbocycles. The normalized spacial score (nSPS) is 11.4. The topological polar surface area (TPSA) is 79.3 Å².